The van der Waals surface area contributed by atoms with Crippen molar-refractivity contribution in [2.75, 3.05) is 11.1 Å². The van der Waals surface area contributed by atoms with Crippen LogP contribution in [0.15, 0.2) is 48.5 Å². The number of amides is 1. The van der Waals surface area contributed by atoms with Gasteiger partial charge in [0.05, 0.1) is 16.1 Å². The Balaban J connectivity index is 1.79. The molecule has 1 heterocycles. The topological polar surface area (TPSA) is 68.0 Å². The highest BCUT2D eigenvalue weighted by Crippen LogP contribution is 2.27. The van der Waals surface area contributed by atoms with E-state index in [0.717, 1.165) is 15.8 Å². The van der Waals surface area contributed by atoms with Gasteiger partial charge in [0, 0.05) is 5.69 Å². The van der Waals surface area contributed by atoms with E-state index in [1.54, 1.807) is 0 Å². The van der Waals surface area contributed by atoms with E-state index < -0.39 is 0 Å². The highest BCUT2D eigenvalue weighted by molar-refractivity contribution is 7.22. The fraction of sp³-hybridized carbons (Fsp3) is 0.125. The molecule has 1 atom stereocenters. The number of benzene rings is 2. The summed E-state index contributed by atoms with van der Waals surface area (Å²) in [4.78, 5) is 16.7. The molecule has 0 aliphatic heterocycles. The van der Waals surface area contributed by atoms with Crippen molar-refractivity contribution in [2.24, 2.45) is 0 Å². The lowest BCUT2D eigenvalue weighted by Gasteiger charge is -2.11. The Morgan fingerprint density at radius 3 is 2.81 bits per heavy atom. The summed E-state index contributed by atoms with van der Waals surface area (Å²) >= 11 is 1.47. The molecular formula is C16H15N3OS. The monoisotopic (exact) mass is 297 g/mol. The summed E-state index contributed by atoms with van der Waals surface area (Å²) in [6, 6.07) is 15.2. The van der Waals surface area contributed by atoms with E-state index in [0.29, 0.717) is 10.8 Å². The number of rotatable bonds is 3. The number of anilines is 2. The van der Waals surface area contributed by atoms with E-state index in [4.69, 9.17) is 5.73 Å². The number of carbonyl (C=O) groups excluding carboxylic acids is 1. The zero-order valence-corrected chi connectivity index (χ0v) is 12.4. The van der Waals surface area contributed by atoms with Gasteiger partial charge in [0.15, 0.2) is 5.13 Å². The first-order chi connectivity index (χ1) is 10.1. The number of carbonyl (C=O) groups is 1. The van der Waals surface area contributed by atoms with Crippen molar-refractivity contribution in [3.05, 3.63) is 54.1 Å². The van der Waals surface area contributed by atoms with E-state index in [9.17, 15) is 4.79 Å². The first-order valence-electron chi connectivity index (χ1n) is 6.65. The molecule has 0 fully saturated rings. The molecule has 3 aromatic rings. The fourth-order valence-corrected chi connectivity index (χ4v) is 2.99. The van der Waals surface area contributed by atoms with E-state index >= 15 is 0 Å². The molecule has 1 amide bonds. The van der Waals surface area contributed by atoms with Crippen LogP contribution in [-0.4, -0.2) is 10.9 Å². The summed E-state index contributed by atoms with van der Waals surface area (Å²) in [5, 5.41) is 3.50. The summed E-state index contributed by atoms with van der Waals surface area (Å²) < 4.78 is 1.06. The van der Waals surface area contributed by atoms with Crippen molar-refractivity contribution in [3.8, 4) is 0 Å². The fourth-order valence-electron chi connectivity index (χ4n) is 2.12. The normalized spacial score (nSPS) is 12.2. The zero-order chi connectivity index (χ0) is 14.8. The summed E-state index contributed by atoms with van der Waals surface area (Å²) in [5.41, 5.74) is 8.21. The number of fused-ring (bicyclic) bond motifs is 1. The standard InChI is InChI=1S/C16H15N3OS/c1-10(11-5-4-6-12(17)9-11)15(20)19-16-18-13-7-2-3-8-14(13)21-16/h2-10H,17H2,1H3,(H,18,19,20). The molecule has 0 bridgehead atoms. The van der Waals surface area contributed by atoms with Gasteiger partial charge in [-0.15, -0.1) is 0 Å². The largest absolute Gasteiger partial charge is 0.399 e. The van der Waals surface area contributed by atoms with Gasteiger partial charge >= 0.3 is 0 Å². The molecule has 21 heavy (non-hydrogen) atoms. The molecule has 0 radical (unpaired) electrons. The van der Waals surface area contributed by atoms with Gasteiger partial charge in [-0.05, 0) is 36.8 Å². The van der Waals surface area contributed by atoms with Gasteiger partial charge in [-0.3, -0.25) is 4.79 Å². The Hall–Kier alpha value is -2.40. The van der Waals surface area contributed by atoms with Crippen LogP contribution in [0.25, 0.3) is 10.2 Å². The van der Waals surface area contributed by atoms with Gasteiger partial charge in [-0.2, -0.15) is 0 Å². The van der Waals surface area contributed by atoms with E-state index in [-0.39, 0.29) is 11.8 Å². The maximum atomic E-state index is 12.3. The van der Waals surface area contributed by atoms with Crippen molar-refractivity contribution in [1.29, 1.82) is 0 Å². The van der Waals surface area contributed by atoms with Gasteiger partial charge < -0.3 is 11.1 Å². The minimum atomic E-state index is -0.277. The van der Waals surface area contributed by atoms with Crippen LogP contribution in [0, 0.1) is 0 Å². The first-order valence-corrected chi connectivity index (χ1v) is 7.47. The molecule has 0 spiro atoms. The van der Waals surface area contributed by atoms with Crippen LogP contribution in [0.4, 0.5) is 10.8 Å². The number of nitrogen functional groups attached to an aromatic ring is 1. The van der Waals surface area contributed by atoms with E-state index in [2.05, 4.69) is 10.3 Å². The van der Waals surface area contributed by atoms with Crippen molar-refractivity contribution < 1.29 is 4.79 Å². The van der Waals surface area contributed by atoms with Crippen LogP contribution in [0.1, 0.15) is 18.4 Å². The van der Waals surface area contributed by atoms with Crippen molar-refractivity contribution in [3.63, 3.8) is 0 Å². The Morgan fingerprint density at radius 1 is 1.24 bits per heavy atom. The van der Waals surface area contributed by atoms with Crippen LogP contribution in [0.3, 0.4) is 0 Å². The summed E-state index contributed by atoms with van der Waals surface area (Å²) in [6.07, 6.45) is 0. The number of nitrogens with two attached hydrogens (primary N) is 1. The first kappa shape index (κ1) is 13.6. The highest BCUT2D eigenvalue weighted by Gasteiger charge is 2.17. The van der Waals surface area contributed by atoms with Crippen LogP contribution >= 0.6 is 11.3 Å². The summed E-state index contributed by atoms with van der Waals surface area (Å²) in [7, 11) is 0. The molecule has 3 rings (SSSR count). The molecule has 2 aromatic carbocycles. The lowest BCUT2D eigenvalue weighted by molar-refractivity contribution is -0.117. The summed E-state index contributed by atoms with van der Waals surface area (Å²) in [5.74, 6) is -0.361. The molecule has 0 aliphatic carbocycles. The number of thiazole rings is 1. The Bertz CT molecular complexity index is 764. The average molecular weight is 297 g/mol. The molecular weight excluding hydrogens is 282 g/mol. The SMILES string of the molecule is CC(C(=O)Nc1nc2ccccc2s1)c1cccc(N)c1. The van der Waals surface area contributed by atoms with Gasteiger partial charge in [0.25, 0.3) is 0 Å². The van der Waals surface area contributed by atoms with E-state index in [1.165, 1.54) is 11.3 Å². The minimum Gasteiger partial charge on any atom is -0.399 e. The summed E-state index contributed by atoms with van der Waals surface area (Å²) in [6.45, 7) is 1.86. The number of hydrogen-bond acceptors (Lipinski definition) is 4. The maximum Gasteiger partial charge on any atom is 0.233 e. The van der Waals surface area contributed by atoms with Crippen LogP contribution in [0.2, 0.25) is 0 Å². The van der Waals surface area contributed by atoms with Gasteiger partial charge in [0.1, 0.15) is 0 Å². The second-order valence-corrected chi connectivity index (χ2v) is 5.90. The predicted molar refractivity (Wildman–Crippen MR) is 87.5 cm³/mol. The quantitative estimate of drug-likeness (QED) is 0.725. The van der Waals surface area contributed by atoms with E-state index in [1.807, 2.05) is 55.5 Å². The number of para-hydroxylation sites is 1. The molecule has 106 valence electrons. The lowest BCUT2D eigenvalue weighted by Crippen LogP contribution is -2.18. The van der Waals surface area contributed by atoms with Crippen molar-refractivity contribution in [2.45, 2.75) is 12.8 Å². The van der Waals surface area contributed by atoms with Crippen LogP contribution in [-0.2, 0) is 4.79 Å². The molecule has 3 N–H and O–H groups in total. The third kappa shape index (κ3) is 2.87. The van der Waals surface area contributed by atoms with Crippen LogP contribution < -0.4 is 11.1 Å². The third-order valence-corrected chi connectivity index (χ3v) is 4.28. The number of hydrogen-bond donors (Lipinski definition) is 2. The van der Waals surface area contributed by atoms with Gasteiger partial charge in [0.2, 0.25) is 5.91 Å². The third-order valence-electron chi connectivity index (χ3n) is 3.33. The minimum absolute atomic E-state index is 0.0837. The number of aromatic nitrogens is 1. The van der Waals surface area contributed by atoms with Crippen LogP contribution in [0.5, 0.6) is 0 Å². The number of nitrogens with zero attached hydrogens (tertiary/aromatic N) is 1. The Morgan fingerprint density at radius 2 is 2.05 bits per heavy atom. The van der Waals surface area contributed by atoms with Gasteiger partial charge in [-0.1, -0.05) is 35.6 Å². The molecule has 0 aliphatic rings. The van der Waals surface area contributed by atoms with Crippen molar-refractivity contribution >= 4 is 38.3 Å². The molecule has 0 saturated heterocycles. The molecule has 5 heteroatoms. The lowest BCUT2D eigenvalue weighted by atomic mass is 10.00. The smallest absolute Gasteiger partial charge is 0.233 e. The second kappa shape index (κ2) is 5.54. The Kier molecular flexibility index (Phi) is 3.58. The van der Waals surface area contributed by atoms with Crippen molar-refractivity contribution in [1.82, 2.24) is 4.98 Å². The Labute approximate surface area is 126 Å². The predicted octanol–water partition coefficient (Wildman–Crippen LogP) is 3.62. The highest BCUT2D eigenvalue weighted by atomic mass is 32.1. The number of nitrogens with one attached hydrogen (secondary N) is 1. The maximum absolute atomic E-state index is 12.3. The second-order valence-electron chi connectivity index (χ2n) is 4.87. The molecule has 4 nitrogen and oxygen atoms in total. The zero-order valence-electron chi connectivity index (χ0n) is 11.5. The molecule has 0 saturated carbocycles. The van der Waals surface area contributed by atoms with Gasteiger partial charge in [-0.25, -0.2) is 4.98 Å². The average Bonchev–Trinajstić information content (AvgIpc) is 2.88. The molecule has 1 unspecified atom stereocenters. The molecule has 1 aromatic heterocycles.